The van der Waals surface area contributed by atoms with Crippen molar-refractivity contribution in [3.8, 4) is 6.07 Å². The summed E-state index contributed by atoms with van der Waals surface area (Å²) in [6.45, 7) is 1.19. The minimum atomic E-state index is 0.295. The predicted molar refractivity (Wildman–Crippen MR) is 47.3 cm³/mol. The number of ether oxygens (including phenoxy) is 1. The summed E-state index contributed by atoms with van der Waals surface area (Å²) in [7, 11) is 0. The topological polar surface area (TPSA) is 45.9 Å². The van der Waals surface area contributed by atoms with Crippen LogP contribution in [0.4, 0.5) is 0 Å². The number of pyridine rings is 1. The van der Waals surface area contributed by atoms with Crippen molar-refractivity contribution < 1.29 is 4.74 Å². The average Bonchev–Trinajstić information content (AvgIpc) is 2.18. The van der Waals surface area contributed by atoms with E-state index in [1.807, 2.05) is 0 Å². The molecule has 0 N–H and O–H groups in total. The van der Waals surface area contributed by atoms with E-state index in [1.165, 1.54) is 0 Å². The molecule has 0 spiro atoms. The molecule has 66 valence electrons. The maximum Gasteiger partial charge on any atom is 0.147 e. The number of rotatable bonds is 0. The van der Waals surface area contributed by atoms with Crippen LogP contribution in [0.3, 0.4) is 0 Å². The van der Waals surface area contributed by atoms with Gasteiger partial charge in [0.25, 0.3) is 0 Å². The summed E-state index contributed by atoms with van der Waals surface area (Å²) in [5, 5.41) is 9.15. The fraction of sp³-hybridized carbons (Fsp3) is 0.333. The summed E-state index contributed by atoms with van der Waals surface area (Å²) in [5.41, 5.74) is 2.48. The summed E-state index contributed by atoms with van der Waals surface area (Å²) in [5.74, 6) is 0. The molecule has 13 heavy (non-hydrogen) atoms. The fourth-order valence-electron chi connectivity index (χ4n) is 1.44. The second kappa shape index (κ2) is 3.33. The van der Waals surface area contributed by atoms with Crippen LogP contribution in [0.2, 0.25) is 5.15 Å². The molecule has 0 saturated heterocycles. The molecule has 0 aromatic carbocycles. The van der Waals surface area contributed by atoms with E-state index < -0.39 is 0 Å². The van der Waals surface area contributed by atoms with E-state index >= 15 is 0 Å². The lowest BCUT2D eigenvalue weighted by Crippen LogP contribution is -2.12. The minimum absolute atomic E-state index is 0.295. The molecule has 0 amide bonds. The molecule has 1 aliphatic rings. The van der Waals surface area contributed by atoms with Gasteiger partial charge in [-0.3, -0.25) is 0 Å². The third kappa shape index (κ3) is 1.39. The van der Waals surface area contributed by atoms with Gasteiger partial charge < -0.3 is 4.74 Å². The smallest absolute Gasteiger partial charge is 0.147 e. The van der Waals surface area contributed by atoms with Crippen LogP contribution in [0.25, 0.3) is 0 Å². The van der Waals surface area contributed by atoms with Gasteiger partial charge in [0.1, 0.15) is 11.2 Å². The van der Waals surface area contributed by atoms with Gasteiger partial charge in [-0.15, -0.1) is 0 Å². The highest BCUT2D eigenvalue weighted by molar-refractivity contribution is 6.30. The second-order valence-corrected chi connectivity index (χ2v) is 3.20. The second-order valence-electron chi connectivity index (χ2n) is 2.84. The Morgan fingerprint density at radius 1 is 1.62 bits per heavy atom. The van der Waals surface area contributed by atoms with E-state index in [2.05, 4.69) is 11.1 Å². The van der Waals surface area contributed by atoms with E-state index in [4.69, 9.17) is 21.6 Å². The van der Waals surface area contributed by atoms with E-state index in [0.717, 1.165) is 17.5 Å². The highest BCUT2D eigenvalue weighted by atomic mass is 35.5. The number of nitrogens with zero attached hydrogens (tertiary/aromatic N) is 2. The minimum Gasteiger partial charge on any atom is -0.376 e. The van der Waals surface area contributed by atoms with Crippen molar-refractivity contribution in [2.75, 3.05) is 6.61 Å². The van der Waals surface area contributed by atoms with Gasteiger partial charge in [0.2, 0.25) is 0 Å². The number of aromatic nitrogens is 1. The van der Waals surface area contributed by atoms with Crippen molar-refractivity contribution in [2.45, 2.75) is 13.0 Å². The van der Waals surface area contributed by atoms with Crippen molar-refractivity contribution in [2.24, 2.45) is 0 Å². The highest BCUT2D eigenvalue weighted by Gasteiger charge is 2.16. The predicted octanol–water partition coefficient (Wildman–Crippen LogP) is 1.68. The van der Waals surface area contributed by atoms with Crippen molar-refractivity contribution in [3.63, 3.8) is 0 Å². The van der Waals surface area contributed by atoms with E-state index in [0.29, 0.717) is 23.9 Å². The first-order chi connectivity index (χ1) is 6.33. The Labute approximate surface area is 80.9 Å². The molecule has 0 unspecified atom stereocenters. The highest BCUT2D eigenvalue weighted by Crippen LogP contribution is 2.24. The van der Waals surface area contributed by atoms with Crippen LogP contribution in [-0.2, 0) is 17.8 Å². The van der Waals surface area contributed by atoms with Crippen LogP contribution in [0.15, 0.2) is 6.20 Å². The molecule has 0 aliphatic carbocycles. The largest absolute Gasteiger partial charge is 0.376 e. The van der Waals surface area contributed by atoms with Crippen LogP contribution in [0.5, 0.6) is 0 Å². The molecule has 0 atom stereocenters. The first kappa shape index (κ1) is 8.49. The molecule has 0 radical (unpaired) electrons. The van der Waals surface area contributed by atoms with Crippen molar-refractivity contribution in [1.29, 1.82) is 5.26 Å². The quantitative estimate of drug-likeness (QED) is 0.591. The first-order valence-electron chi connectivity index (χ1n) is 3.97. The number of hydrogen-bond acceptors (Lipinski definition) is 3. The number of nitriles is 1. The Balaban J connectivity index is 2.60. The van der Waals surface area contributed by atoms with Crippen LogP contribution in [-0.4, -0.2) is 11.6 Å². The van der Waals surface area contributed by atoms with Gasteiger partial charge >= 0.3 is 0 Å². The van der Waals surface area contributed by atoms with Crippen molar-refractivity contribution in [1.82, 2.24) is 4.98 Å². The van der Waals surface area contributed by atoms with E-state index in [9.17, 15) is 0 Å². The average molecular weight is 195 g/mol. The standard InChI is InChI=1S/C9H7ClN2O/c10-9-8(3-11)7-1-2-13-5-6(7)4-12-9/h4H,1-2,5H2. The maximum atomic E-state index is 8.86. The summed E-state index contributed by atoms with van der Waals surface area (Å²) >= 11 is 5.79. The Morgan fingerprint density at radius 3 is 3.23 bits per heavy atom. The lowest BCUT2D eigenvalue weighted by Gasteiger charge is -2.16. The molecule has 2 rings (SSSR count). The van der Waals surface area contributed by atoms with Crippen LogP contribution < -0.4 is 0 Å². The SMILES string of the molecule is N#Cc1c(Cl)ncc2c1CCOC2. The Morgan fingerprint density at radius 2 is 2.46 bits per heavy atom. The fourth-order valence-corrected chi connectivity index (χ4v) is 1.65. The van der Waals surface area contributed by atoms with Gasteiger partial charge in [-0.25, -0.2) is 4.98 Å². The summed E-state index contributed by atoms with van der Waals surface area (Å²) in [6.07, 6.45) is 2.43. The Hall–Kier alpha value is -1.11. The molecule has 0 fully saturated rings. The van der Waals surface area contributed by atoms with Gasteiger partial charge in [-0.05, 0) is 12.0 Å². The maximum absolute atomic E-state index is 8.86. The molecule has 2 heterocycles. The zero-order valence-corrected chi connectivity index (χ0v) is 7.64. The summed E-state index contributed by atoms with van der Waals surface area (Å²) in [4.78, 5) is 3.93. The molecule has 0 bridgehead atoms. The van der Waals surface area contributed by atoms with Gasteiger partial charge in [0.15, 0.2) is 0 Å². The molecule has 3 nitrogen and oxygen atoms in total. The summed E-state index contributed by atoms with van der Waals surface area (Å²) < 4.78 is 5.24. The summed E-state index contributed by atoms with van der Waals surface area (Å²) in [6, 6.07) is 2.07. The number of fused-ring (bicyclic) bond motifs is 1. The zero-order valence-electron chi connectivity index (χ0n) is 6.88. The van der Waals surface area contributed by atoms with E-state index in [-0.39, 0.29) is 0 Å². The van der Waals surface area contributed by atoms with Gasteiger partial charge in [-0.1, -0.05) is 11.6 Å². The molecular formula is C9H7ClN2O. The van der Waals surface area contributed by atoms with Crippen LogP contribution in [0, 0.1) is 11.3 Å². The Bertz CT molecular complexity index is 384. The molecule has 1 aliphatic heterocycles. The van der Waals surface area contributed by atoms with Gasteiger partial charge in [-0.2, -0.15) is 5.26 Å². The van der Waals surface area contributed by atoms with Crippen molar-refractivity contribution >= 4 is 11.6 Å². The monoisotopic (exact) mass is 194 g/mol. The molecular weight excluding hydrogens is 188 g/mol. The number of halogens is 1. The third-order valence-corrected chi connectivity index (χ3v) is 2.38. The van der Waals surface area contributed by atoms with E-state index in [1.54, 1.807) is 6.20 Å². The third-order valence-electron chi connectivity index (χ3n) is 2.10. The van der Waals surface area contributed by atoms with Crippen molar-refractivity contribution in [3.05, 3.63) is 28.0 Å². The molecule has 1 aromatic heterocycles. The lowest BCUT2D eigenvalue weighted by molar-refractivity contribution is 0.110. The zero-order chi connectivity index (χ0) is 9.26. The Kier molecular flexibility index (Phi) is 2.17. The van der Waals surface area contributed by atoms with Gasteiger partial charge in [0.05, 0.1) is 18.8 Å². The lowest BCUT2D eigenvalue weighted by atomic mass is 10.0. The molecule has 0 saturated carbocycles. The first-order valence-corrected chi connectivity index (χ1v) is 4.35. The van der Waals surface area contributed by atoms with Gasteiger partial charge in [0, 0.05) is 11.8 Å². The molecule has 4 heteroatoms. The molecule has 1 aromatic rings. The number of hydrogen-bond donors (Lipinski definition) is 0. The normalized spacial score (nSPS) is 14.8. The van der Waals surface area contributed by atoms with Crippen LogP contribution in [0.1, 0.15) is 16.7 Å². The van der Waals surface area contributed by atoms with Crippen LogP contribution >= 0.6 is 11.6 Å².